The minimum Gasteiger partial charge on any atom is -0.497 e. The molecule has 5 heteroatoms. The van der Waals surface area contributed by atoms with Gasteiger partial charge in [-0.1, -0.05) is 26.0 Å². The molecule has 1 aromatic rings. The average Bonchev–Trinajstić information content (AvgIpc) is 2.50. The molecule has 2 N–H and O–H groups in total. The maximum Gasteiger partial charge on any atom is 0.329 e. The maximum absolute atomic E-state index is 12.0. The van der Waals surface area contributed by atoms with Crippen LogP contribution in [0.15, 0.2) is 24.3 Å². The largest absolute Gasteiger partial charge is 0.497 e. The molecule has 0 saturated heterocycles. The Balaban J connectivity index is 2.58. The maximum atomic E-state index is 12.0. The van der Waals surface area contributed by atoms with E-state index in [0.29, 0.717) is 19.3 Å². The van der Waals surface area contributed by atoms with E-state index in [1.807, 2.05) is 24.3 Å². The first kappa shape index (κ1) is 17.0. The third-order valence-electron chi connectivity index (χ3n) is 3.79. The molecule has 0 aliphatic rings. The highest BCUT2D eigenvalue weighted by molar-refractivity contribution is 5.87. The number of hydrogen-bond donors (Lipinski definition) is 2. The lowest BCUT2D eigenvalue weighted by Gasteiger charge is -2.28. The van der Waals surface area contributed by atoms with Crippen molar-refractivity contribution in [2.75, 3.05) is 7.11 Å². The second-order valence-electron chi connectivity index (χ2n) is 4.99. The molecule has 0 aromatic heterocycles. The Morgan fingerprint density at radius 2 is 1.76 bits per heavy atom. The van der Waals surface area contributed by atoms with Gasteiger partial charge in [-0.2, -0.15) is 0 Å². The number of hydrogen-bond acceptors (Lipinski definition) is 3. The van der Waals surface area contributed by atoms with Gasteiger partial charge in [0, 0.05) is 6.42 Å². The minimum absolute atomic E-state index is 0.239. The summed E-state index contributed by atoms with van der Waals surface area (Å²) in [6, 6.07) is 7.48. The summed E-state index contributed by atoms with van der Waals surface area (Å²) in [4.78, 5) is 23.3. The third kappa shape index (κ3) is 4.48. The SMILES string of the molecule is CCC(CC)(NC(=O)CCc1ccc(OC)cc1)C(=O)O. The molecule has 0 aliphatic carbocycles. The lowest BCUT2D eigenvalue weighted by molar-refractivity contribution is -0.148. The fraction of sp³-hybridized carbons (Fsp3) is 0.500. The first-order valence-corrected chi connectivity index (χ1v) is 7.14. The summed E-state index contributed by atoms with van der Waals surface area (Å²) in [7, 11) is 1.60. The van der Waals surface area contributed by atoms with E-state index in [2.05, 4.69) is 5.32 Å². The smallest absolute Gasteiger partial charge is 0.329 e. The van der Waals surface area contributed by atoms with Gasteiger partial charge in [-0.25, -0.2) is 4.79 Å². The van der Waals surface area contributed by atoms with Gasteiger partial charge < -0.3 is 15.2 Å². The zero-order valence-electron chi connectivity index (χ0n) is 12.8. The molecule has 21 heavy (non-hydrogen) atoms. The number of carboxylic acids is 1. The highest BCUT2D eigenvalue weighted by atomic mass is 16.5. The number of carbonyl (C=O) groups is 2. The number of ether oxygens (including phenoxy) is 1. The average molecular weight is 293 g/mol. The predicted molar refractivity (Wildman–Crippen MR) is 80.4 cm³/mol. The summed E-state index contributed by atoms with van der Waals surface area (Å²) in [5.41, 5.74) is -0.142. The summed E-state index contributed by atoms with van der Waals surface area (Å²) in [5, 5.41) is 11.9. The lowest BCUT2D eigenvalue weighted by atomic mass is 9.92. The molecule has 0 unspecified atom stereocenters. The Bertz CT molecular complexity index is 478. The van der Waals surface area contributed by atoms with Crippen molar-refractivity contribution < 1.29 is 19.4 Å². The quantitative estimate of drug-likeness (QED) is 0.771. The van der Waals surface area contributed by atoms with Crippen LogP contribution in [0.3, 0.4) is 0 Å². The Morgan fingerprint density at radius 3 is 2.19 bits per heavy atom. The van der Waals surface area contributed by atoms with Crippen molar-refractivity contribution in [3.05, 3.63) is 29.8 Å². The summed E-state index contributed by atoms with van der Waals surface area (Å²) in [5.74, 6) is -0.452. The molecule has 1 rings (SSSR count). The number of benzene rings is 1. The fourth-order valence-corrected chi connectivity index (χ4v) is 2.16. The van der Waals surface area contributed by atoms with Crippen LogP contribution in [-0.4, -0.2) is 29.6 Å². The van der Waals surface area contributed by atoms with E-state index in [9.17, 15) is 14.7 Å². The molecule has 0 bridgehead atoms. The monoisotopic (exact) mass is 293 g/mol. The standard InChI is InChI=1S/C16H23NO4/c1-4-16(5-2,15(19)20)17-14(18)11-8-12-6-9-13(21-3)10-7-12/h6-7,9-10H,4-5,8,11H2,1-3H3,(H,17,18)(H,19,20). The van der Waals surface area contributed by atoms with Crippen LogP contribution >= 0.6 is 0 Å². The molecular weight excluding hydrogens is 270 g/mol. The number of rotatable bonds is 8. The second kappa shape index (κ2) is 7.67. The van der Waals surface area contributed by atoms with Crippen molar-refractivity contribution in [3.8, 4) is 5.75 Å². The van der Waals surface area contributed by atoms with Crippen molar-refractivity contribution >= 4 is 11.9 Å². The number of nitrogens with one attached hydrogen (secondary N) is 1. The number of aryl methyl sites for hydroxylation is 1. The van der Waals surface area contributed by atoms with E-state index in [1.165, 1.54) is 0 Å². The van der Waals surface area contributed by atoms with Gasteiger partial charge in [-0.3, -0.25) is 4.79 Å². The molecule has 0 atom stereocenters. The van der Waals surface area contributed by atoms with Crippen LogP contribution in [0.4, 0.5) is 0 Å². The molecule has 0 heterocycles. The van der Waals surface area contributed by atoms with Crippen molar-refractivity contribution in [3.63, 3.8) is 0 Å². The van der Waals surface area contributed by atoms with Crippen molar-refractivity contribution in [1.29, 1.82) is 0 Å². The highest BCUT2D eigenvalue weighted by Crippen LogP contribution is 2.16. The van der Waals surface area contributed by atoms with Crippen LogP contribution in [0.5, 0.6) is 5.75 Å². The summed E-state index contributed by atoms with van der Waals surface area (Å²) in [6.45, 7) is 3.53. The van der Waals surface area contributed by atoms with Gasteiger partial charge in [-0.05, 0) is 37.0 Å². The lowest BCUT2D eigenvalue weighted by Crippen LogP contribution is -2.53. The van der Waals surface area contributed by atoms with E-state index in [1.54, 1.807) is 21.0 Å². The molecule has 116 valence electrons. The third-order valence-corrected chi connectivity index (χ3v) is 3.79. The molecule has 0 fully saturated rings. The zero-order valence-corrected chi connectivity index (χ0v) is 12.8. The minimum atomic E-state index is -1.16. The molecule has 1 amide bonds. The van der Waals surface area contributed by atoms with Crippen LogP contribution in [0.25, 0.3) is 0 Å². The first-order chi connectivity index (χ1) is 9.97. The van der Waals surface area contributed by atoms with E-state index in [0.717, 1.165) is 11.3 Å². The Morgan fingerprint density at radius 1 is 1.19 bits per heavy atom. The molecular formula is C16H23NO4. The number of amides is 1. The van der Waals surface area contributed by atoms with Gasteiger partial charge in [0.25, 0.3) is 0 Å². The van der Waals surface area contributed by atoms with E-state index in [-0.39, 0.29) is 12.3 Å². The van der Waals surface area contributed by atoms with Gasteiger partial charge in [-0.15, -0.1) is 0 Å². The Kier molecular flexibility index (Phi) is 6.21. The van der Waals surface area contributed by atoms with Gasteiger partial charge in [0.15, 0.2) is 0 Å². The molecule has 0 spiro atoms. The van der Waals surface area contributed by atoms with Crippen LogP contribution in [-0.2, 0) is 16.0 Å². The van der Waals surface area contributed by atoms with E-state index in [4.69, 9.17) is 4.74 Å². The van der Waals surface area contributed by atoms with Crippen molar-refractivity contribution in [2.24, 2.45) is 0 Å². The number of aliphatic carboxylic acids is 1. The predicted octanol–water partition coefficient (Wildman–Crippen LogP) is 2.39. The summed E-state index contributed by atoms with van der Waals surface area (Å²) >= 11 is 0. The van der Waals surface area contributed by atoms with Crippen LogP contribution in [0.1, 0.15) is 38.7 Å². The number of carboxylic acid groups (broad SMARTS) is 1. The highest BCUT2D eigenvalue weighted by Gasteiger charge is 2.36. The fourth-order valence-electron chi connectivity index (χ4n) is 2.16. The Hall–Kier alpha value is -2.04. The Labute approximate surface area is 125 Å². The first-order valence-electron chi connectivity index (χ1n) is 7.14. The zero-order chi connectivity index (χ0) is 15.9. The molecule has 1 aromatic carbocycles. The number of carbonyl (C=O) groups excluding carboxylic acids is 1. The summed E-state index contributed by atoms with van der Waals surface area (Å²) in [6.07, 6.45) is 1.57. The van der Waals surface area contributed by atoms with Gasteiger partial charge in [0.2, 0.25) is 5.91 Å². The second-order valence-corrected chi connectivity index (χ2v) is 4.99. The molecule has 0 radical (unpaired) electrons. The number of methoxy groups -OCH3 is 1. The van der Waals surface area contributed by atoms with Gasteiger partial charge in [0.1, 0.15) is 11.3 Å². The van der Waals surface area contributed by atoms with E-state index < -0.39 is 11.5 Å². The van der Waals surface area contributed by atoms with Crippen LogP contribution in [0, 0.1) is 0 Å². The molecule has 0 aliphatic heterocycles. The van der Waals surface area contributed by atoms with Crippen LogP contribution < -0.4 is 10.1 Å². The van der Waals surface area contributed by atoms with E-state index >= 15 is 0 Å². The van der Waals surface area contributed by atoms with Crippen molar-refractivity contribution in [1.82, 2.24) is 5.32 Å². The van der Waals surface area contributed by atoms with Gasteiger partial charge in [0.05, 0.1) is 7.11 Å². The summed E-state index contributed by atoms with van der Waals surface area (Å²) < 4.78 is 5.07. The topological polar surface area (TPSA) is 75.6 Å². The molecule has 5 nitrogen and oxygen atoms in total. The van der Waals surface area contributed by atoms with Crippen molar-refractivity contribution in [2.45, 2.75) is 45.1 Å². The normalized spacial score (nSPS) is 11.0. The molecule has 0 saturated carbocycles. The van der Waals surface area contributed by atoms with Crippen LogP contribution in [0.2, 0.25) is 0 Å². The van der Waals surface area contributed by atoms with Gasteiger partial charge >= 0.3 is 5.97 Å².